The lowest BCUT2D eigenvalue weighted by Crippen LogP contribution is -3.00. The summed E-state index contributed by atoms with van der Waals surface area (Å²) in [5.41, 5.74) is 0. The average Bonchev–Trinajstić information content (AvgIpc) is 1.21. The van der Waals surface area contributed by atoms with Crippen LogP contribution in [0.3, 0.4) is 0 Å². The van der Waals surface area contributed by atoms with Crippen molar-refractivity contribution in [3.8, 4) is 0 Å². The minimum absolute atomic E-state index is 0. The Morgan fingerprint density at radius 2 is 1.44 bits per heavy atom. The Kier molecular flexibility index (Phi) is 5.79. The molecular weight excluding hydrogens is 178 g/mol. The number of hydrogen-bond acceptors (Lipinski definition) is 0. The van der Waals surface area contributed by atoms with Gasteiger partial charge in [-0.1, -0.05) is 13.8 Å². The van der Waals surface area contributed by atoms with Gasteiger partial charge in [-0.2, -0.15) is 0 Å². The Bertz CT molecular complexity index is 63.8. The van der Waals surface area contributed by atoms with Crippen LogP contribution in [0.5, 0.6) is 0 Å². The first-order valence-electron chi connectivity index (χ1n) is 3.22. The molecule has 0 N–H and O–H groups in total. The van der Waals surface area contributed by atoms with Gasteiger partial charge in [-0.15, -0.1) is 0 Å². The smallest absolute Gasteiger partial charge is 0.0803 e. The van der Waals surface area contributed by atoms with Crippen molar-refractivity contribution in [1.29, 1.82) is 0 Å². The number of rotatable bonds is 2. The number of quaternary nitrogens is 1. The second kappa shape index (κ2) is 4.29. The third-order valence-electron chi connectivity index (χ3n) is 0.913. The summed E-state index contributed by atoms with van der Waals surface area (Å²) in [4.78, 5) is 0. The number of hydrogen-bond donors (Lipinski definition) is 0. The molecule has 0 fully saturated rings. The summed E-state index contributed by atoms with van der Waals surface area (Å²) in [6.45, 7) is 5.77. The molecule has 0 atom stereocenters. The highest BCUT2D eigenvalue weighted by Gasteiger charge is 2.08. The Labute approximate surface area is 69.4 Å². The van der Waals surface area contributed by atoms with E-state index in [1.165, 1.54) is 6.54 Å². The van der Waals surface area contributed by atoms with Crippen molar-refractivity contribution in [2.24, 2.45) is 5.92 Å². The van der Waals surface area contributed by atoms with Gasteiger partial charge in [0, 0.05) is 5.92 Å². The molecule has 0 bridgehead atoms. The summed E-state index contributed by atoms with van der Waals surface area (Å²) in [5, 5.41) is 0. The topological polar surface area (TPSA) is 0 Å². The van der Waals surface area contributed by atoms with Gasteiger partial charge in [0.05, 0.1) is 27.7 Å². The van der Waals surface area contributed by atoms with Crippen LogP contribution in [-0.4, -0.2) is 32.2 Å². The van der Waals surface area contributed by atoms with Crippen molar-refractivity contribution < 1.29 is 21.5 Å². The molecule has 0 aliphatic rings. The third-order valence-corrected chi connectivity index (χ3v) is 0.913. The SMILES string of the molecule is CC(C)C[N+](C)(C)C.[Br-]. The van der Waals surface area contributed by atoms with Gasteiger partial charge in [0.2, 0.25) is 0 Å². The maximum absolute atomic E-state index is 2.25. The van der Waals surface area contributed by atoms with Gasteiger partial charge in [0.15, 0.2) is 0 Å². The van der Waals surface area contributed by atoms with Crippen LogP contribution in [0.4, 0.5) is 0 Å². The summed E-state index contributed by atoms with van der Waals surface area (Å²) in [6, 6.07) is 0. The summed E-state index contributed by atoms with van der Waals surface area (Å²) in [6.07, 6.45) is 0. The van der Waals surface area contributed by atoms with Crippen LogP contribution < -0.4 is 17.0 Å². The largest absolute Gasteiger partial charge is 1.00 e. The van der Waals surface area contributed by atoms with Crippen LogP contribution in [0.15, 0.2) is 0 Å². The van der Waals surface area contributed by atoms with Crippen molar-refractivity contribution in [3.05, 3.63) is 0 Å². The zero-order valence-electron chi connectivity index (χ0n) is 7.11. The van der Waals surface area contributed by atoms with E-state index in [9.17, 15) is 0 Å². The van der Waals surface area contributed by atoms with Crippen LogP contribution in [0.2, 0.25) is 0 Å². The van der Waals surface area contributed by atoms with Gasteiger partial charge >= 0.3 is 0 Å². The lowest BCUT2D eigenvalue weighted by Gasteiger charge is -2.25. The van der Waals surface area contributed by atoms with Crippen molar-refractivity contribution in [2.75, 3.05) is 27.7 Å². The normalized spacial score (nSPS) is 11.3. The predicted octanol–water partition coefficient (Wildman–Crippen LogP) is -1.65. The van der Waals surface area contributed by atoms with E-state index in [-0.39, 0.29) is 17.0 Å². The molecule has 0 radical (unpaired) electrons. The molecule has 1 nitrogen and oxygen atoms in total. The predicted molar refractivity (Wildman–Crippen MR) is 37.7 cm³/mol. The van der Waals surface area contributed by atoms with E-state index in [0.717, 1.165) is 10.4 Å². The van der Waals surface area contributed by atoms with E-state index >= 15 is 0 Å². The average molecular weight is 196 g/mol. The van der Waals surface area contributed by atoms with Crippen LogP contribution >= 0.6 is 0 Å². The molecule has 0 heterocycles. The molecule has 0 amide bonds. The van der Waals surface area contributed by atoms with E-state index in [1.54, 1.807) is 0 Å². The molecule has 0 unspecified atom stereocenters. The summed E-state index contributed by atoms with van der Waals surface area (Å²) in [7, 11) is 6.67. The fourth-order valence-electron chi connectivity index (χ4n) is 1.10. The monoisotopic (exact) mass is 195 g/mol. The minimum atomic E-state index is 0. The van der Waals surface area contributed by atoms with Crippen molar-refractivity contribution in [2.45, 2.75) is 13.8 Å². The highest BCUT2D eigenvalue weighted by molar-refractivity contribution is 4.37. The Morgan fingerprint density at radius 3 is 1.44 bits per heavy atom. The lowest BCUT2D eigenvalue weighted by atomic mass is 10.2. The molecule has 9 heavy (non-hydrogen) atoms. The minimum Gasteiger partial charge on any atom is -1.00 e. The van der Waals surface area contributed by atoms with Gasteiger partial charge in [-0.05, 0) is 0 Å². The fourth-order valence-corrected chi connectivity index (χ4v) is 1.10. The molecule has 0 aromatic rings. The summed E-state index contributed by atoms with van der Waals surface area (Å²) in [5.74, 6) is 0.815. The van der Waals surface area contributed by atoms with E-state index in [2.05, 4.69) is 35.0 Å². The van der Waals surface area contributed by atoms with E-state index in [0.29, 0.717) is 0 Å². The molecule has 0 aromatic heterocycles. The second-order valence-electron chi connectivity index (χ2n) is 3.87. The van der Waals surface area contributed by atoms with Crippen molar-refractivity contribution in [3.63, 3.8) is 0 Å². The first kappa shape index (κ1) is 12.1. The zero-order chi connectivity index (χ0) is 6.78. The maximum atomic E-state index is 2.25. The molecule has 0 saturated carbocycles. The molecule has 2 heteroatoms. The van der Waals surface area contributed by atoms with Gasteiger partial charge in [0.1, 0.15) is 0 Å². The van der Waals surface area contributed by atoms with E-state index in [4.69, 9.17) is 0 Å². The molecule has 0 aliphatic heterocycles. The lowest BCUT2D eigenvalue weighted by molar-refractivity contribution is -0.873. The first-order chi connectivity index (χ1) is 3.42. The molecule has 0 aromatic carbocycles. The molecule has 0 saturated heterocycles. The number of nitrogens with zero attached hydrogens (tertiary/aromatic N) is 1. The maximum Gasteiger partial charge on any atom is 0.0803 e. The third kappa shape index (κ3) is 11.8. The molecule has 0 rings (SSSR count). The second-order valence-corrected chi connectivity index (χ2v) is 3.87. The van der Waals surface area contributed by atoms with Crippen LogP contribution in [0, 0.1) is 5.92 Å². The standard InChI is InChI=1S/C7H18N.BrH/c1-7(2)6-8(3,4)5;/h7H,6H2,1-5H3;1H/q+1;/p-1. The Balaban J connectivity index is 0. The van der Waals surface area contributed by atoms with Crippen molar-refractivity contribution in [1.82, 2.24) is 0 Å². The molecule has 0 aliphatic carbocycles. The van der Waals surface area contributed by atoms with Gasteiger partial charge in [0.25, 0.3) is 0 Å². The first-order valence-corrected chi connectivity index (χ1v) is 3.22. The van der Waals surface area contributed by atoms with Crippen LogP contribution in [-0.2, 0) is 0 Å². The Hall–Kier alpha value is 0.440. The summed E-state index contributed by atoms with van der Waals surface area (Å²) >= 11 is 0. The van der Waals surface area contributed by atoms with Crippen LogP contribution in [0.25, 0.3) is 0 Å². The summed E-state index contributed by atoms with van der Waals surface area (Å²) < 4.78 is 1.08. The quantitative estimate of drug-likeness (QED) is 0.464. The van der Waals surface area contributed by atoms with Gasteiger partial charge in [-0.3, -0.25) is 0 Å². The number of halogens is 1. The van der Waals surface area contributed by atoms with Gasteiger partial charge in [-0.25, -0.2) is 0 Å². The van der Waals surface area contributed by atoms with Crippen molar-refractivity contribution >= 4 is 0 Å². The fraction of sp³-hybridized carbons (Fsp3) is 1.00. The molecule has 58 valence electrons. The molecule has 0 spiro atoms. The van der Waals surface area contributed by atoms with Gasteiger partial charge < -0.3 is 21.5 Å². The van der Waals surface area contributed by atoms with E-state index in [1.807, 2.05) is 0 Å². The molecular formula is C7H18BrN. The van der Waals surface area contributed by atoms with E-state index < -0.39 is 0 Å². The highest BCUT2D eigenvalue weighted by Crippen LogP contribution is 1.98. The van der Waals surface area contributed by atoms with Crippen LogP contribution in [0.1, 0.15) is 13.8 Å². The zero-order valence-corrected chi connectivity index (χ0v) is 8.70. The Morgan fingerprint density at radius 1 is 1.11 bits per heavy atom. The highest BCUT2D eigenvalue weighted by atomic mass is 79.9.